The lowest BCUT2D eigenvalue weighted by atomic mass is 10.1. The summed E-state index contributed by atoms with van der Waals surface area (Å²) in [7, 11) is 0. The molecule has 0 saturated carbocycles. The molecule has 0 radical (unpaired) electrons. The Morgan fingerprint density at radius 3 is 3.08 bits per heavy atom. The largest absolute Gasteiger partial charge is 0.368 e. The van der Waals surface area contributed by atoms with Gasteiger partial charge in [0, 0.05) is 6.07 Å². The van der Waals surface area contributed by atoms with Crippen molar-refractivity contribution in [3.05, 3.63) is 36.2 Å². The Labute approximate surface area is 78.5 Å². The third-order valence-electron chi connectivity index (χ3n) is 2.35. The van der Waals surface area contributed by atoms with Crippen LogP contribution in [0.1, 0.15) is 24.2 Å². The molecule has 1 aliphatic rings. The first-order valence-electron chi connectivity index (χ1n) is 4.62. The molecule has 0 spiro atoms. The SMILES string of the molecule is C=Cc1cc[n+](CC)cc1C1CO1. The summed E-state index contributed by atoms with van der Waals surface area (Å²) >= 11 is 0. The fourth-order valence-electron chi connectivity index (χ4n) is 1.45. The summed E-state index contributed by atoms with van der Waals surface area (Å²) in [5, 5.41) is 0. The van der Waals surface area contributed by atoms with Crippen LogP contribution < -0.4 is 4.57 Å². The summed E-state index contributed by atoms with van der Waals surface area (Å²) in [4.78, 5) is 0. The summed E-state index contributed by atoms with van der Waals surface area (Å²) < 4.78 is 7.43. The Hall–Kier alpha value is -1.15. The molecule has 2 heteroatoms. The average Bonchev–Trinajstić information content (AvgIpc) is 3.00. The van der Waals surface area contributed by atoms with E-state index in [0.717, 1.165) is 13.2 Å². The first-order valence-corrected chi connectivity index (χ1v) is 4.62. The van der Waals surface area contributed by atoms with Gasteiger partial charge >= 0.3 is 0 Å². The summed E-state index contributed by atoms with van der Waals surface area (Å²) in [6, 6.07) is 2.09. The van der Waals surface area contributed by atoms with Crippen molar-refractivity contribution in [1.29, 1.82) is 0 Å². The topological polar surface area (TPSA) is 16.4 Å². The van der Waals surface area contributed by atoms with Gasteiger partial charge in [0.25, 0.3) is 0 Å². The van der Waals surface area contributed by atoms with Crippen molar-refractivity contribution in [2.75, 3.05) is 6.61 Å². The predicted molar refractivity (Wildman–Crippen MR) is 51.1 cm³/mol. The maximum Gasteiger partial charge on any atom is 0.175 e. The van der Waals surface area contributed by atoms with Gasteiger partial charge in [-0.2, -0.15) is 0 Å². The zero-order valence-corrected chi connectivity index (χ0v) is 7.86. The van der Waals surface area contributed by atoms with Gasteiger partial charge in [-0.3, -0.25) is 0 Å². The zero-order valence-electron chi connectivity index (χ0n) is 7.86. The van der Waals surface area contributed by atoms with Crippen molar-refractivity contribution in [2.24, 2.45) is 0 Å². The Morgan fingerprint density at radius 2 is 2.54 bits per heavy atom. The van der Waals surface area contributed by atoms with E-state index < -0.39 is 0 Å². The van der Waals surface area contributed by atoms with Crippen LogP contribution in [0.5, 0.6) is 0 Å². The first-order chi connectivity index (χ1) is 6.35. The molecule has 2 heterocycles. The molecule has 2 rings (SSSR count). The van der Waals surface area contributed by atoms with Crippen LogP contribution >= 0.6 is 0 Å². The molecule has 0 bridgehead atoms. The van der Waals surface area contributed by atoms with Crippen LogP contribution in [-0.4, -0.2) is 6.61 Å². The molecule has 1 saturated heterocycles. The van der Waals surface area contributed by atoms with Gasteiger partial charge in [0.1, 0.15) is 12.6 Å². The van der Waals surface area contributed by atoms with Crippen molar-refractivity contribution in [1.82, 2.24) is 0 Å². The van der Waals surface area contributed by atoms with Gasteiger partial charge in [-0.15, -0.1) is 0 Å². The minimum atomic E-state index is 0.312. The Morgan fingerprint density at radius 1 is 1.77 bits per heavy atom. The van der Waals surface area contributed by atoms with E-state index in [1.807, 2.05) is 6.08 Å². The molecule has 68 valence electrons. The lowest BCUT2D eigenvalue weighted by molar-refractivity contribution is -0.694. The standard InChI is InChI=1S/C11H14NO/c1-3-9-5-6-12(4-2)7-10(9)11-8-13-11/h3,5-7,11H,1,4,8H2,2H3/q+1. The predicted octanol–water partition coefficient (Wildman–Crippen LogP) is 1.71. The van der Waals surface area contributed by atoms with Crippen molar-refractivity contribution < 1.29 is 9.30 Å². The lowest BCUT2D eigenvalue weighted by Crippen LogP contribution is -2.31. The van der Waals surface area contributed by atoms with E-state index in [0.29, 0.717) is 6.10 Å². The molecule has 1 unspecified atom stereocenters. The molecule has 1 aromatic rings. The van der Waals surface area contributed by atoms with Gasteiger partial charge < -0.3 is 4.74 Å². The molecule has 1 fully saturated rings. The molecule has 0 aromatic carbocycles. The van der Waals surface area contributed by atoms with Crippen molar-refractivity contribution in [3.8, 4) is 0 Å². The van der Waals surface area contributed by atoms with E-state index in [9.17, 15) is 0 Å². The van der Waals surface area contributed by atoms with Crippen molar-refractivity contribution in [2.45, 2.75) is 19.6 Å². The fourth-order valence-corrected chi connectivity index (χ4v) is 1.45. The van der Waals surface area contributed by atoms with E-state index in [4.69, 9.17) is 4.74 Å². The van der Waals surface area contributed by atoms with Crippen molar-refractivity contribution >= 4 is 6.08 Å². The zero-order chi connectivity index (χ0) is 9.26. The number of hydrogen-bond donors (Lipinski definition) is 0. The third kappa shape index (κ3) is 1.63. The molecule has 13 heavy (non-hydrogen) atoms. The molecule has 1 aromatic heterocycles. The second kappa shape index (κ2) is 3.30. The molecule has 1 atom stereocenters. The first kappa shape index (κ1) is 8.45. The highest BCUT2D eigenvalue weighted by Crippen LogP contribution is 2.31. The number of hydrogen-bond acceptors (Lipinski definition) is 1. The van der Waals surface area contributed by atoms with Crippen LogP contribution in [-0.2, 0) is 11.3 Å². The number of rotatable bonds is 3. The number of aromatic nitrogens is 1. The van der Waals surface area contributed by atoms with Crippen LogP contribution in [0.3, 0.4) is 0 Å². The van der Waals surface area contributed by atoms with Crippen molar-refractivity contribution in [3.63, 3.8) is 0 Å². The second-order valence-corrected chi connectivity index (χ2v) is 3.21. The maximum absolute atomic E-state index is 5.28. The molecular formula is C11H14NO+. The summed E-state index contributed by atoms with van der Waals surface area (Å²) in [6.45, 7) is 7.78. The number of epoxide rings is 1. The van der Waals surface area contributed by atoms with E-state index in [-0.39, 0.29) is 0 Å². The van der Waals surface area contributed by atoms with E-state index in [2.05, 4.69) is 36.5 Å². The van der Waals surface area contributed by atoms with Crippen LogP contribution in [0.2, 0.25) is 0 Å². The van der Waals surface area contributed by atoms with E-state index in [1.54, 1.807) is 0 Å². The molecule has 0 amide bonds. The van der Waals surface area contributed by atoms with Crippen LogP contribution in [0.4, 0.5) is 0 Å². The van der Waals surface area contributed by atoms with Crippen LogP contribution in [0.25, 0.3) is 6.08 Å². The maximum atomic E-state index is 5.28. The van der Waals surface area contributed by atoms with Crippen LogP contribution in [0, 0.1) is 0 Å². The molecule has 2 nitrogen and oxygen atoms in total. The smallest absolute Gasteiger partial charge is 0.175 e. The van der Waals surface area contributed by atoms with E-state index >= 15 is 0 Å². The summed E-state index contributed by atoms with van der Waals surface area (Å²) in [5.74, 6) is 0. The van der Waals surface area contributed by atoms with Gasteiger partial charge in [0.05, 0.1) is 12.2 Å². The van der Waals surface area contributed by atoms with Gasteiger partial charge in [-0.1, -0.05) is 12.7 Å². The third-order valence-corrected chi connectivity index (χ3v) is 2.35. The van der Waals surface area contributed by atoms with Gasteiger partial charge in [0.15, 0.2) is 12.4 Å². The molecular weight excluding hydrogens is 162 g/mol. The summed E-state index contributed by atoms with van der Waals surface area (Å²) in [6.07, 6.45) is 6.42. The van der Waals surface area contributed by atoms with Gasteiger partial charge in [0.2, 0.25) is 0 Å². The number of ether oxygens (including phenoxy) is 1. The minimum Gasteiger partial charge on any atom is -0.368 e. The fraction of sp³-hybridized carbons (Fsp3) is 0.364. The van der Waals surface area contributed by atoms with Gasteiger partial charge in [-0.05, 0) is 12.5 Å². The highest BCUT2D eigenvalue weighted by Gasteiger charge is 2.29. The highest BCUT2D eigenvalue weighted by atomic mass is 16.6. The lowest BCUT2D eigenvalue weighted by Gasteiger charge is -2.00. The Balaban J connectivity index is 2.41. The monoisotopic (exact) mass is 176 g/mol. The van der Waals surface area contributed by atoms with Crippen LogP contribution in [0.15, 0.2) is 25.0 Å². The number of pyridine rings is 1. The van der Waals surface area contributed by atoms with Gasteiger partial charge in [-0.25, -0.2) is 4.57 Å². The van der Waals surface area contributed by atoms with E-state index in [1.165, 1.54) is 11.1 Å². The average molecular weight is 176 g/mol. The second-order valence-electron chi connectivity index (χ2n) is 3.21. The minimum absolute atomic E-state index is 0.312. The molecule has 0 N–H and O–H groups in total. The molecule has 0 aliphatic carbocycles. The Bertz CT molecular complexity index is 329. The number of nitrogens with zero attached hydrogens (tertiary/aromatic N) is 1. The Kier molecular flexibility index (Phi) is 2.15. The number of aryl methyl sites for hydroxylation is 1. The summed E-state index contributed by atoms with van der Waals surface area (Å²) in [5.41, 5.74) is 2.45. The quantitative estimate of drug-likeness (QED) is 0.506. The highest BCUT2D eigenvalue weighted by molar-refractivity contribution is 5.51. The molecule has 1 aliphatic heterocycles. The normalized spacial score (nSPS) is 19.9.